The quantitative estimate of drug-likeness (QED) is 0.661. The zero-order valence-corrected chi connectivity index (χ0v) is 16.9. The fraction of sp³-hybridized carbons (Fsp3) is 0.381. The lowest BCUT2D eigenvalue weighted by molar-refractivity contribution is -0.140. The van der Waals surface area contributed by atoms with E-state index in [0.29, 0.717) is 11.3 Å². The molecular formula is C21H26FN3O4. The standard InChI is InChI=1S/C21H26FN3O4/c1-21(2,3)18(20(29)23-4)24-19(28)16(11-17(26)27)13-9-10-25(12-13)15-7-5-14(22)6-8-15/h5-10,12,16,18H,11H2,1-4H3,(H,23,29)(H,24,28)(H,26,27)/t16-,18+/m0/s1. The number of hydrogen-bond donors (Lipinski definition) is 3. The van der Waals surface area contributed by atoms with Gasteiger partial charge in [-0.1, -0.05) is 20.8 Å². The van der Waals surface area contributed by atoms with Gasteiger partial charge in [-0.25, -0.2) is 4.39 Å². The average molecular weight is 403 g/mol. The molecule has 0 radical (unpaired) electrons. The molecule has 156 valence electrons. The molecule has 2 atom stereocenters. The van der Waals surface area contributed by atoms with Gasteiger partial charge in [0.25, 0.3) is 0 Å². The van der Waals surface area contributed by atoms with Crippen molar-refractivity contribution in [2.24, 2.45) is 5.41 Å². The van der Waals surface area contributed by atoms with Gasteiger partial charge in [0.1, 0.15) is 11.9 Å². The number of nitrogens with one attached hydrogen (secondary N) is 2. The Hall–Kier alpha value is -3.16. The molecule has 0 unspecified atom stereocenters. The molecule has 0 aliphatic rings. The van der Waals surface area contributed by atoms with Crippen molar-refractivity contribution in [3.8, 4) is 5.69 Å². The van der Waals surface area contributed by atoms with E-state index in [4.69, 9.17) is 0 Å². The molecule has 7 nitrogen and oxygen atoms in total. The summed E-state index contributed by atoms with van der Waals surface area (Å²) in [5, 5.41) is 14.5. The zero-order chi connectivity index (χ0) is 21.8. The molecule has 2 rings (SSSR count). The van der Waals surface area contributed by atoms with Crippen LogP contribution in [0.25, 0.3) is 5.69 Å². The second kappa shape index (κ2) is 8.89. The molecule has 0 spiro atoms. The number of carboxylic acid groups (broad SMARTS) is 1. The highest BCUT2D eigenvalue weighted by atomic mass is 19.1. The summed E-state index contributed by atoms with van der Waals surface area (Å²) in [6.07, 6.45) is 2.88. The lowest BCUT2D eigenvalue weighted by Crippen LogP contribution is -2.54. The van der Waals surface area contributed by atoms with E-state index in [0.717, 1.165) is 0 Å². The van der Waals surface area contributed by atoms with Gasteiger partial charge in [-0.3, -0.25) is 14.4 Å². The maximum absolute atomic E-state index is 13.1. The molecule has 0 saturated heterocycles. The monoisotopic (exact) mass is 403 g/mol. The van der Waals surface area contributed by atoms with Gasteiger partial charge in [-0.15, -0.1) is 0 Å². The Labute approximate surface area is 168 Å². The summed E-state index contributed by atoms with van der Waals surface area (Å²) in [5.74, 6) is -3.39. The third kappa shape index (κ3) is 5.66. The van der Waals surface area contributed by atoms with E-state index in [1.165, 1.54) is 19.2 Å². The molecule has 29 heavy (non-hydrogen) atoms. The van der Waals surface area contributed by atoms with Crippen LogP contribution in [0.3, 0.4) is 0 Å². The fourth-order valence-corrected chi connectivity index (χ4v) is 2.99. The molecule has 1 aromatic heterocycles. The lowest BCUT2D eigenvalue weighted by Gasteiger charge is -2.31. The van der Waals surface area contributed by atoms with Gasteiger partial charge in [-0.05, 0) is 41.3 Å². The Bertz CT molecular complexity index is 884. The Kier molecular flexibility index (Phi) is 6.79. The summed E-state index contributed by atoms with van der Waals surface area (Å²) < 4.78 is 14.8. The highest BCUT2D eigenvalue weighted by Gasteiger charge is 2.35. The van der Waals surface area contributed by atoms with E-state index in [9.17, 15) is 23.9 Å². The van der Waals surface area contributed by atoms with Crippen molar-refractivity contribution in [3.63, 3.8) is 0 Å². The van der Waals surface area contributed by atoms with Crippen LogP contribution in [-0.4, -0.2) is 40.5 Å². The summed E-state index contributed by atoms with van der Waals surface area (Å²) in [7, 11) is 1.48. The maximum Gasteiger partial charge on any atom is 0.304 e. The largest absolute Gasteiger partial charge is 0.481 e. The zero-order valence-electron chi connectivity index (χ0n) is 16.9. The summed E-state index contributed by atoms with van der Waals surface area (Å²) in [6, 6.07) is 6.60. The van der Waals surface area contributed by atoms with Crippen molar-refractivity contribution in [3.05, 3.63) is 54.1 Å². The van der Waals surface area contributed by atoms with Crippen LogP contribution in [0.4, 0.5) is 4.39 Å². The minimum Gasteiger partial charge on any atom is -0.481 e. The highest BCUT2D eigenvalue weighted by molar-refractivity contribution is 5.92. The van der Waals surface area contributed by atoms with Gasteiger partial charge in [0.2, 0.25) is 11.8 Å². The van der Waals surface area contributed by atoms with Crippen molar-refractivity contribution < 1.29 is 23.9 Å². The third-order valence-corrected chi connectivity index (χ3v) is 4.60. The molecule has 2 aromatic rings. The number of aliphatic carboxylic acids is 1. The van der Waals surface area contributed by atoms with E-state index in [1.54, 1.807) is 35.2 Å². The lowest BCUT2D eigenvalue weighted by atomic mass is 9.85. The number of halogens is 1. The Morgan fingerprint density at radius 3 is 2.24 bits per heavy atom. The fourth-order valence-electron chi connectivity index (χ4n) is 2.99. The molecule has 0 fully saturated rings. The number of nitrogens with zero attached hydrogens (tertiary/aromatic N) is 1. The van der Waals surface area contributed by atoms with Gasteiger partial charge in [0.05, 0.1) is 12.3 Å². The average Bonchev–Trinajstić information content (AvgIpc) is 3.12. The molecule has 1 aromatic carbocycles. The van der Waals surface area contributed by atoms with Crippen LogP contribution < -0.4 is 10.6 Å². The van der Waals surface area contributed by atoms with Crippen LogP contribution in [0.1, 0.15) is 38.7 Å². The summed E-state index contributed by atoms with van der Waals surface area (Å²) in [5.41, 5.74) is 0.590. The van der Waals surface area contributed by atoms with Crippen molar-refractivity contribution in [1.29, 1.82) is 0 Å². The van der Waals surface area contributed by atoms with Crippen molar-refractivity contribution in [2.45, 2.75) is 39.2 Å². The van der Waals surface area contributed by atoms with Gasteiger partial charge in [0, 0.05) is 25.1 Å². The maximum atomic E-state index is 13.1. The van der Waals surface area contributed by atoms with Crippen LogP contribution in [-0.2, 0) is 14.4 Å². The minimum atomic E-state index is -1.13. The van der Waals surface area contributed by atoms with E-state index >= 15 is 0 Å². The molecule has 0 aliphatic heterocycles. The number of aromatic nitrogens is 1. The summed E-state index contributed by atoms with van der Waals surface area (Å²) in [4.78, 5) is 36.5. The van der Waals surface area contributed by atoms with Crippen LogP contribution in [0.15, 0.2) is 42.7 Å². The van der Waals surface area contributed by atoms with Crippen molar-refractivity contribution in [1.82, 2.24) is 15.2 Å². The molecule has 0 bridgehead atoms. The number of carboxylic acids is 1. The smallest absolute Gasteiger partial charge is 0.304 e. The number of hydrogen-bond acceptors (Lipinski definition) is 3. The second-order valence-electron chi connectivity index (χ2n) is 7.90. The summed E-state index contributed by atoms with van der Waals surface area (Å²) >= 11 is 0. The Balaban J connectivity index is 2.31. The van der Waals surface area contributed by atoms with Crippen molar-refractivity contribution >= 4 is 17.8 Å². The molecule has 0 aliphatic carbocycles. The third-order valence-electron chi connectivity index (χ3n) is 4.60. The molecule has 8 heteroatoms. The molecule has 2 amide bonds. The second-order valence-corrected chi connectivity index (χ2v) is 7.90. The SMILES string of the molecule is CNC(=O)[C@@H](NC(=O)[C@@H](CC(=O)O)c1ccn(-c2ccc(F)cc2)c1)C(C)(C)C. The van der Waals surface area contributed by atoms with Gasteiger partial charge in [0.15, 0.2) is 0 Å². The van der Waals surface area contributed by atoms with E-state index < -0.39 is 35.7 Å². The molecule has 3 N–H and O–H groups in total. The number of likely N-dealkylation sites (N-methyl/N-ethyl adjacent to an activating group) is 1. The first-order valence-electron chi connectivity index (χ1n) is 9.20. The van der Waals surface area contributed by atoms with Crippen molar-refractivity contribution in [2.75, 3.05) is 7.05 Å². The van der Waals surface area contributed by atoms with E-state index in [-0.39, 0.29) is 11.7 Å². The van der Waals surface area contributed by atoms with Crippen LogP contribution in [0.2, 0.25) is 0 Å². The first kappa shape index (κ1) is 22.1. The first-order chi connectivity index (χ1) is 13.5. The molecule has 0 saturated carbocycles. The number of amides is 2. The number of carbonyl (C=O) groups excluding carboxylic acids is 2. The van der Waals surface area contributed by atoms with Crippen LogP contribution >= 0.6 is 0 Å². The highest BCUT2D eigenvalue weighted by Crippen LogP contribution is 2.25. The Morgan fingerprint density at radius 2 is 1.72 bits per heavy atom. The molecular weight excluding hydrogens is 377 g/mol. The predicted molar refractivity (Wildman–Crippen MR) is 106 cm³/mol. The minimum absolute atomic E-state index is 0.358. The van der Waals surface area contributed by atoms with E-state index in [2.05, 4.69) is 10.6 Å². The topological polar surface area (TPSA) is 100 Å². The van der Waals surface area contributed by atoms with Crippen LogP contribution in [0.5, 0.6) is 0 Å². The molecule has 1 heterocycles. The Morgan fingerprint density at radius 1 is 1.10 bits per heavy atom. The normalized spacial score (nSPS) is 13.4. The number of rotatable bonds is 7. The van der Waals surface area contributed by atoms with Crippen LogP contribution in [0, 0.1) is 11.2 Å². The number of benzene rings is 1. The first-order valence-corrected chi connectivity index (χ1v) is 9.20. The van der Waals surface area contributed by atoms with Gasteiger partial charge < -0.3 is 20.3 Å². The van der Waals surface area contributed by atoms with Gasteiger partial charge in [-0.2, -0.15) is 0 Å². The summed E-state index contributed by atoms with van der Waals surface area (Å²) in [6.45, 7) is 5.43. The van der Waals surface area contributed by atoms with Gasteiger partial charge >= 0.3 is 5.97 Å². The predicted octanol–water partition coefficient (Wildman–Crippen LogP) is 2.45. The number of carbonyl (C=O) groups is 3. The van der Waals surface area contributed by atoms with E-state index in [1.807, 2.05) is 20.8 Å².